The second-order valence-corrected chi connectivity index (χ2v) is 8.37. The molecular formula is C23H17Cl2N5OS. The topological polar surface area (TPSA) is 72.2 Å². The molecule has 6 nitrogen and oxygen atoms in total. The lowest BCUT2D eigenvalue weighted by Gasteiger charge is -2.10. The quantitative estimate of drug-likeness (QED) is 0.215. The van der Waals surface area contributed by atoms with Gasteiger partial charge in [-0.3, -0.25) is 9.36 Å². The Bertz CT molecular complexity index is 1240. The summed E-state index contributed by atoms with van der Waals surface area (Å²) < 4.78 is 1.90. The molecule has 0 fully saturated rings. The lowest BCUT2D eigenvalue weighted by molar-refractivity contribution is -0.118. The molecule has 32 heavy (non-hydrogen) atoms. The molecule has 3 aromatic carbocycles. The first-order valence-corrected chi connectivity index (χ1v) is 11.3. The predicted octanol–water partition coefficient (Wildman–Crippen LogP) is 5.48. The summed E-state index contributed by atoms with van der Waals surface area (Å²) >= 11 is 13.4. The Balaban J connectivity index is 1.51. The van der Waals surface area contributed by atoms with Crippen LogP contribution in [0.25, 0.3) is 17.1 Å². The van der Waals surface area contributed by atoms with E-state index in [4.69, 9.17) is 23.2 Å². The third-order valence-corrected chi connectivity index (χ3v) is 5.91. The van der Waals surface area contributed by atoms with Crippen molar-refractivity contribution < 1.29 is 4.79 Å². The van der Waals surface area contributed by atoms with Gasteiger partial charge in [-0.2, -0.15) is 5.10 Å². The number of aromatic nitrogens is 3. The van der Waals surface area contributed by atoms with Crippen LogP contribution in [0.1, 0.15) is 5.56 Å². The Hall–Kier alpha value is -3.13. The van der Waals surface area contributed by atoms with Gasteiger partial charge < -0.3 is 0 Å². The van der Waals surface area contributed by atoms with Gasteiger partial charge in [0.05, 0.1) is 12.0 Å². The number of amides is 1. The number of carbonyl (C=O) groups excluding carboxylic acids is 1. The van der Waals surface area contributed by atoms with Crippen LogP contribution in [0.5, 0.6) is 0 Å². The second kappa shape index (κ2) is 10.5. The Labute approximate surface area is 199 Å². The zero-order valence-electron chi connectivity index (χ0n) is 16.7. The first-order chi connectivity index (χ1) is 15.6. The molecular weight excluding hydrogens is 465 g/mol. The summed E-state index contributed by atoms with van der Waals surface area (Å²) in [5.74, 6) is 0.512. The number of nitrogens with one attached hydrogen (secondary N) is 1. The minimum atomic E-state index is -0.273. The van der Waals surface area contributed by atoms with Crippen LogP contribution < -0.4 is 5.43 Å². The largest absolute Gasteiger partial charge is 0.272 e. The van der Waals surface area contributed by atoms with Crippen LogP contribution in [-0.4, -0.2) is 32.6 Å². The molecule has 0 saturated heterocycles. The number of hydrazone groups is 1. The minimum absolute atomic E-state index is 0.111. The van der Waals surface area contributed by atoms with Gasteiger partial charge in [0.1, 0.15) is 0 Å². The smallest absolute Gasteiger partial charge is 0.250 e. The Morgan fingerprint density at radius 3 is 2.44 bits per heavy atom. The van der Waals surface area contributed by atoms with E-state index in [9.17, 15) is 4.79 Å². The molecule has 0 aliphatic heterocycles. The summed E-state index contributed by atoms with van der Waals surface area (Å²) in [6.45, 7) is 0. The molecule has 0 radical (unpaired) electrons. The van der Waals surface area contributed by atoms with E-state index in [-0.39, 0.29) is 11.7 Å². The molecule has 1 heterocycles. The normalized spacial score (nSPS) is 11.1. The maximum absolute atomic E-state index is 12.3. The number of thioether (sulfide) groups is 1. The van der Waals surface area contributed by atoms with Crippen LogP contribution >= 0.6 is 35.0 Å². The Morgan fingerprint density at radius 1 is 0.969 bits per heavy atom. The monoisotopic (exact) mass is 481 g/mol. The SMILES string of the molecule is O=C(CSc1nnc(-c2ccccc2)n1-c1ccc(Cl)cc1)N/N=C/c1ccccc1Cl. The first-order valence-electron chi connectivity index (χ1n) is 9.58. The molecule has 0 unspecified atom stereocenters. The highest BCUT2D eigenvalue weighted by atomic mass is 35.5. The molecule has 4 rings (SSSR count). The van der Waals surface area contributed by atoms with Crippen molar-refractivity contribution in [3.8, 4) is 17.1 Å². The highest BCUT2D eigenvalue weighted by molar-refractivity contribution is 7.99. The number of benzene rings is 3. The lowest BCUT2D eigenvalue weighted by Crippen LogP contribution is -2.20. The van der Waals surface area contributed by atoms with Gasteiger partial charge in [-0.05, 0) is 30.3 Å². The maximum atomic E-state index is 12.3. The van der Waals surface area contributed by atoms with Crippen LogP contribution in [-0.2, 0) is 4.79 Å². The van der Waals surface area contributed by atoms with Gasteiger partial charge >= 0.3 is 0 Å². The van der Waals surface area contributed by atoms with Crippen molar-refractivity contribution in [3.63, 3.8) is 0 Å². The number of hydrogen-bond donors (Lipinski definition) is 1. The summed E-state index contributed by atoms with van der Waals surface area (Å²) in [6, 6.07) is 24.4. The molecule has 1 amide bonds. The van der Waals surface area contributed by atoms with Crippen LogP contribution in [0.3, 0.4) is 0 Å². The molecule has 0 bridgehead atoms. The second-order valence-electron chi connectivity index (χ2n) is 6.59. The fourth-order valence-electron chi connectivity index (χ4n) is 2.88. The van der Waals surface area contributed by atoms with Crippen LogP contribution in [0.2, 0.25) is 10.0 Å². The van der Waals surface area contributed by atoms with Gasteiger partial charge in [0.2, 0.25) is 0 Å². The van der Waals surface area contributed by atoms with Crippen molar-refractivity contribution in [1.82, 2.24) is 20.2 Å². The average Bonchev–Trinajstić information content (AvgIpc) is 3.24. The van der Waals surface area contributed by atoms with E-state index < -0.39 is 0 Å². The third-order valence-electron chi connectivity index (χ3n) is 4.38. The fraction of sp³-hybridized carbons (Fsp3) is 0.0435. The van der Waals surface area contributed by atoms with E-state index in [1.165, 1.54) is 18.0 Å². The summed E-state index contributed by atoms with van der Waals surface area (Å²) in [5.41, 5.74) is 4.99. The van der Waals surface area contributed by atoms with Gasteiger partial charge in [0.25, 0.3) is 5.91 Å². The van der Waals surface area contributed by atoms with E-state index in [0.29, 0.717) is 21.0 Å². The van der Waals surface area contributed by atoms with Crippen LogP contribution in [0.15, 0.2) is 89.1 Å². The molecule has 0 saturated carbocycles. The van der Waals surface area contributed by atoms with E-state index in [2.05, 4.69) is 20.7 Å². The van der Waals surface area contributed by atoms with Gasteiger partial charge in [0, 0.05) is 26.9 Å². The van der Waals surface area contributed by atoms with Gasteiger partial charge in [-0.1, -0.05) is 83.5 Å². The van der Waals surface area contributed by atoms with E-state index in [1.54, 1.807) is 18.2 Å². The highest BCUT2D eigenvalue weighted by Gasteiger charge is 2.17. The number of rotatable bonds is 7. The average molecular weight is 482 g/mol. The molecule has 9 heteroatoms. The van der Waals surface area contributed by atoms with Gasteiger partial charge in [-0.25, -0.2) is 5.43 Å². The number of nitrogens with zero attached hydrogens (tertiary/aromatic N) is 4. The maximum Gasteiger partial charge on any atom is 0.250 e. The highest BCUT2D eigenvalue weighted by Crippen LogP contribution is 2.28. The van der Waals surface area contributed by atoms with E-state index in [0.717, 1.165) is 16.8 Å². The van der Waals surface area contributed by atoms with Crippen LogP contribution in [0, 0.1) is 0 Å². The molecule has 0 aliphatic carbocycles. The fourth-order valence-corrected chi connectivity index (χ4v) is 3.93. The van der Waals surface area contributed by atoms with Crippen molar-refractivity contribution in [2.24, 2.45) is 5.10 Å². The standard InChI is InChI=1S/C23H17Cl2N5OS/c24-18-10-12-19(13-11-18)30-22(16-6-2-1-3-7-16)28-29-23(30)32-15-21(31)27-26-14-17-8-4-5-9-20(17)25/h1-14H,15H2,(H,27,31)/b26-14+. The van der Waals surface area contributed by atoms with Crippen molar-refractivity contribution in [3.05, 3.63) is 94.5 Å². The molecule has 160 valence electrons. The van der Waals surface area contributed by atoms with Crippen molar-refractivity contribution >= 4 is 47.1 Å². The van der Waals surface area contributed by atoms with Crippen molar-refractivity contribution in [1.29, 1.82) is 0 Å². The van der Waals surface area contributed by atoms with Crippen molar-refractivity contribution in [2.45, 2.75) is 5.16 Å². The third kappa shape index (κ3) is 5.37. The summed E-state index contributed by atoms with van der Waals surface area (Å²) in [4.78, 5) is 12.3. The summed E-state index contributed by atoms with van der Waals surface area (Å²) in [6.07, 6.45) is 1.51. The van der Waals surface area contributed by atoms with Crippen molar-refractivity contribution in [2.75, 3.05) is 5.75 Å². The summed E-state index contributed by atoms with van der Waals surface area (Å²) in [7, 11) is 0. The van der Waals surface area contributed by atoms with Gasteiger partial charge in [0.15, 0.2) is 11.0 Å². The predicted molar refractivity (Wildman–Crippen MR) is 130 cm³/mol. The first kappa shape index (κ1) is 22.1. The molecule has 1 N–H and O–H groups in total. The molecule has 0 aliphatic rings. The zero-order chi connectivity index (χ0) is 22.3. The Morgan fingerprint density at radius 2 is 1.69 bits per heavy atom. The molecule has 0 atom stereocenters. The molecule has 4 aromatic rings. The number of hydrogen-bond acceptors (Lipinski definition) is 5. The number of carbonyl (C=O) groups is 1. The van der Waals surface area contributed by atoms with Crippen LogP contribution in [0.4, 0.5) is 0 Å². The summed E-state index contributed by atoms with van der Waals surface area (Å²) in [5, 5.41) is 14.4. The Kier molecular flexibility index (Phi) is 7.21. The number of halogens is 2. The molecule has 1 aromatic heterocycles. The van der Waals surface area contributed by atoms with E-state index >= 15 is 0 Å². The lowest BCUT2D eigenvalue weighted by atomic mass is 10.2. The minimum Gasteiger partial charge on any atom is -0.272 e. The van der Waals surface area contributed by atoms with E-state index in [1.807, 2.05) is 65.2 Å². The molecule has 0 spiro atoms. The zero-order valence-corrected chi connectivity index (χ0v) is 19.0. The van der Waals surface area contributed by atoms with Gasteiger partial charge in [-0.15, -0.1) is 10.2 Å².